The molecule has 150 valence electrons. The average molecular weight is 392 g/mol. The molecular formula is C22H24N4O3. The zero-order valence-corrected chi connectivity index (χ0v) is 16.6. The summed E-state index contributed by atoms with van der Waals surface area (Å²) >= 11 is 0. The molecule has 1 N–H and O–H groups in total. The normalized spacial score (nSPS) is 16.5. The molecule has 0 radical (unpaired) electrons. The Labute approximate surface area is 169 Å². The first-order valence-corrected chi connectivity index (χ1v) is 9.77. The first-order valence-electron chi connectivity index (χ1n) is 9.77. The van der Waals surface area contributed by atoms with Crippen LogP contribution in [0.4, 0.5) is 10.5 Å². The van der Waals surface area contributed by atoms with E-state index >= 15 is 0 Å². The van der Waals surface area contributed by atoms with Crippen molar-refractivity contribution < 1.29 is 14.1 Å². The number of piperidine rings is 1. The quantitative estimate of drug-likeness (QED) is 0.689. The van der Waals surface area contributed by atoms with Crippen LogP contribution in [0.2, 0.25) is 0 Å². The van der Waals surface area contributed by atoms with E-state index in [0.717, 1.165) is 41.8 Å². The van der Waals surface area contributed by atoms with Gasteiger partial charge in [-0.25, -0.2) is 4.79 Å². The van der Waals surface area contributed by atoms with Gasteiger partial charge in [-0.3, -0.25) is 0 Å². The zero-order chi connectivity index (χ0) is 20.2. The molecular weight excluding hydrogens is 368 g/mol. The lowest BCUT2D eigenvalue weighted by atomic mass is 10.0. The molecule has 1 fully saturated rings. The number of anilines is 1. The molecule has 0 spiro atoms. The van der Waals surface area contributed by atoms with Crippen LogP contribution in [0.15, 0.2) is 53.1 Å². The van der Waals surface area contributed by atoms with E-state index in [2.05, 4.69) is 15.5 Å². The number of ether oxygens (including phenoxy) is 1. The first kappa shape index (κ1) is 19.0. The topological polar surface area (TPSA) is 80.5 Å². The third kappa shape index (κ3) is 4.08. The summed E-state index contributed by atoms with van der Waals surface area (Å²) in [5.41, 5.74) is 2.64. The molecule has 1 atom stereocenters. The molecule has 29 heavy (non-hydrogen) atoms. The van der Waals surface area contributed by atoms with E-state index in [0.29, 0.717) is 18.3 Å². The highest BCUT2D eigenvalue weighted by Crippen LogP contribution is 2.32. The number of nitrogens with one attached hydrogen (secondary N) is 1. The second kappa shape index (κ2) is 8.34. The fourth-order valence-corrected chi connectivity index (χ4v) is 3.58. The fraction of sp³-hybridized carbons (Fsp3) is 0.318. The molecule has 0 aliphatic carbocycles. The summed E-state index contributed by atoms with van der Waals surface area (Å²) in [6, 6.07) is 14.9. The molecule has 1 unspecified atom stereocenters. The Bertz CT molecular complexity index is 1000. The summed E-state index contributed by atoms with van der Waals surface area (Å²) < 4.78 is 10.8. The number of carbonyl (C=O) groups excluding carboxylic acids is 1. The number of aromatic nitrogens is 2. The van der Waals surface area contributed by atoms with Gasteiger partial charge in [0, 0.05) is 17.8 Å². The molecule has 4 rings (SSSR count). The number of benzene rings is 2. The Hall–Kier alpha value is -3.35. The number of para-hydroxylation sites is 1. The van der Waals surface area contributed by atoms with Crippen molar-refractivity contribution in [3.63, 3.8) is 0 Å². The number of nitrogens with zero attached hydrogens (tertiary/aromatic N) is 3. The molecule has 2 heterocycles. The molecule has 0 bridgehead atoms. The minimum Gasteiger partial charge on any atom is -0.497 e. The first-order chi connectivity index (χ1) is 14.2. The van der Waals surface area contributed by atoms with Crippen LogP contribution in [0, 0.1) is 6.92 Å². The number of amides is 2. The molecule has 2 amide bonds. The number of hydrogen-bond acceptors (Lipinski definition) is 5. The molecule has 7 heteroatoms. The van der Waals surface area contributed by atoms with Gasteiger partial charge in [0.25, 0.3) is 0 Å². The van der Waals surface area contributed by atoms with Gasteiger partial charge in [0.1, 0.15) is 11.8 Å². The molecule has 2 aromatic carbocycles. The lowest BCUT2D eigenvalue weighted by molar-refractivity contribution is 0.142. The van der Waals surface area contributed by atoms with Gasteiger partial charge >= 0.3 is 6.03 Å². The third-order valence-electron chi connectivity index (χ3n) is 5.21. The van der Waals surface area contributed by atoms with Gasteiger partial charge in [0.2, 0.25) is 11.7 Å². The highest BCUT2D eigenvalue weighted by Gasteiger charge is 2.32. The van der Waals surface area contributed by atoms with Crippen molar-refractivity contribution in [3.05, 3.63) is 60.0 Å². The minimum atomic E-state index is -0.236. The molecule has 1 aliphatic heterocycles. The standard InChI is InChI=1S/C22H24N4O3/c1-15-8-3-4-11-18(15)23-22(27)26-13-6-5-12-19(26)21-24-20(25-29-21)16-9-7-10-17(14-16)28-2/h3-4,7-11,14,19H,5-6,12-13H2,1-2H3,(H,23,27). The Morgan fingerprint density at radius 3 is 2.90 bits per heavy atom. The van der Waals surface area contributed by atoms with Gasteiger partial charge < -0.3 is 19.5 Å². The molecule has 1 aromatic heterocycles. The van der Waals surface area contributed by atoms with Crippen molar-refractivity contribution in [2.75, 3.05) is 19.0 Å². The van der Waals surface area contributed by atoms with Crippen LogP contribution in [-0.4, -0.2) is 34.7 Å². The smallest absolute Gasteiger partial charge is 0.322 e. The predicted molar refractivity (Wildman–Crippen MR) is 110 cm³/mol. The van der Waals surface area contributed by atoms with Gasteiger partial charge in [-0.1, -0.05) is 35.5 Å². The minimum absolute atomic E-state index is 0.148. The maximum Gasteiger partial charge on any atom is 0.322 e. The van der Waals surface area contributed by atoms with E-state index in [-0.39, 0.29) is 12.1 Å². The van der Waals surface area contributed by atoms with Gasteiger partial charge in [-0.15, -0.1) is 0 Å². The maximum absolute atomic E-state index is 13.0. The fourth-order valence-electron chi connectivity index (χ4n) is 3.58. The van der Waals surface area contributed by atoms with Gasteiger partial charge in [0.05, 0.1) is 7.11 Å². The van der Waals surface area contributed by atoms with Gasteiger partial charge in [-0.05, 0) is 49.9 Å². The highest BCUT2D eigenvalue weighted by atomic mass is 16.5. The summed E-state index contributed by atoms with van der Waals surface area (Å²) in [4.78, 5) is 19.3. The number of likely N-dealkylation sites (tertiary alicyclic amines) is 1. The van der Waals surface area contributed by atoms with Crippen LogP contribution in [0.25, 0.3) is 11.4 Å². The number of hydrogen-bond donors (Lipinski definition) is 1. The Morgan fingerprint density at radius 1 is 1.21 bits per heavy atom. The van der Waals surface area contributed by atoms with Crippen molar-refractivity contribution in [1.82, 2.24) is 15.0 Å². The van der Waals surface area contributed by atoms with E-state index in [1.807, 2.05) is 55.5 Å². The van der Waals surface area contributed by atoms with Crippen LogP contribution in [0.1, 0.15) is 36.8 Å². The summed E-state index contributed by atoms with van der Waals surface area (Å²) in [6.07, 6.45) is 2.76. The monoisotopic (exact) mass is 392 g/mol. The lowest BCUT2D eigenvalue weighted by Gasteiger charge is -2.33. The number of urea groups is 1. The molecule has 1 aliphatic rings. The number of rotatable bonds is 4. The van der Waals surface area contributed by atoms with Gasteiger partial charge in [-0.2, -0.15) is 4.98 Å². The molecule has 3 aromatic rings. The third-order valence-corrected chi connectivity index (χ3v) is 5.21. The summed E-state index contributed by atoms with van der Waals surface area (Å²) in [7, 11) is 1.62. The zero-order valence-electron chi connectivity index (χ0n) is 16.6. The van der Waals surface area contributed by atoms with E-state index < -0.39 is 0 Å². The maximum atomic E-state index is 13.0. The summed E-state index contributed by atoms with van der Waals surface area (Å²) in [6.45, 7) is 2.63. The van der Waals surface area contributed by atoms with Gasteiger partial charge in [0.15, 0.2) is 0 Å². The van der Waals surface area contributed by atoms with Crippen LogP contribution in [0.5, 0.6) is 5.75 Å². The van der Waals surface area contributed by atoms with E-state index in [4.69, 9.17) is 9.26 Å². The Balaban J connectivity index is 1.55. The van der Waals surface area contributed by atoms with Crippen LogP contribution < -0.4 is 10.1 Å². The Morgan fingerprint density at radius 2 is 2.07 bits per heavy atom. The van der Waals surface area contributed by atoms with Crippen molar-refractivity contribution in [1.29, 1.82) is 0 Å². The average Bonchev–Trinajstić information content (AvgIpc) is 3.25. The van der Waals surface area contributed by atoms with Crippen molar-refractivity contribution in [2.45, 2.75) is 32.2 Å². The van der Waals surface area contributed by atoms with Crippen LogP contribution in [0.3, 0.4) is 0 Å². The van der Waals surface area contributed by atoms with E-state index in [9.17, 15) is 4.79 Å². The molecule has 1 saturated heterocycles. The summed E-state index contributed by atoms with van der Waals surface area (Å²) in [5, 5.41) is 7.14. The second-order valence-corrected chi connectivity index (χ2v) is 7.14. The SMILES string of the molecule is COc1cccc(-c2noc(C3CCCCN3C(=O)Nc3ccccc3C)n2)c1. The van der Waals surface area contributed by atoms with Crippen LogP contribution in [-0.2, 0) is 0 Å². The largest absolute Gasteiger partial charge is 0.497 e. The van der Waals surface area contributed by atoms with Crippen molar-refractivity contribution in [3.8, 4) is 17.1 Å². The summed E-state index contributed by atoms with van der Waals surface area (Å²) in [5.74, 6) is 1.68. The lowest BCUT2D eigenvalue weighted by Crippen LogP contribution is -2.41. The number of methoxy groups -OCH3 is 1. The molecule has 7 nitrogen and oxygen atoms in total. The van der Waals surface area contributed by atoms with Crippen molar-refractivity contribution >= 4 is 11.7 Å². The van der Waals surface area contributed by atoms with Crippen molar-refractivity contribution in [2.24, 2.45) is 0 Å². The Kier molecular flexibility index (Phi) is 5.46. The van der Waals surface area contributed by atoms with E-state index in [1.165, 1.54) is 0 Å². The van der Waals surface area contributed by atoms with E-state index in [1.54, 1.807) is 12.0 Å². The molecule has 0 saturated carbocycles. The predicted octanol–water partition coefficient (Wildman–Crippen LogP) is 4.81. The van der Waals surface area contributed by atoms with Crippen LogP contribution >= 0.6 is 0 Å². The number of carbonyl (C=O) groups is 1. The second-order valence-electron chi connectivity index (χ2n) is 7.14. The number of aryl methyl sites for hydroxylation is 1. The highest BCUT2D eigenvalue weighted by molar-refractivity contribution is 5.90.